The molecule has 0 atom stereocenters. The Morgan fingerprint density at radius 3 is 2.53 bits per heavy atom. The van der Waals surface area contributed by atoms with E-state index in [2.05, 4.69) is 32.4 Å². The molecule has 1 saturated heterocycles. The molecule has 3 aromatic rings. The molecule has 200 valence electrons. The number of hydrogen-bond donors (Lipinski definition) is 3. The van der Waals surface area contributed by atoms with Gasteiger partial charge in [0, 0.05) is 44.0 Å². The van der Waals surface area contributed by atoms with Crippen molar-refractivity contribution in [3.8, 4) is 0 Å². The van der Waals surface area contributed by atoms with Gasteiger partial charge in [-0.05, 0) is 68.5 Å². The van der Waals surface area contributed by atoms with E-state index in [0.29, 0.717) is 24.7 Å². The number of halogens is 1. The standard InChI is InChI=1S/C27H32FN7O2S/c1-3-23(36)29-17-4-6-18(7-5-17)30-25-24-22(10-15-38-24)32-27(33-25)31-19-8-9-20(21(28)16-19)26(37)35-13-11-34(2)12-14-35/h3,8-10,15-18H,1,4-7,11-14H2,2H3,(H,29,36)(H2,30,31,32,33)/t17-,18+. The maximum Gasteiger partial charge on any atom is 0.256 e. The molecule has 1 aliphatic heterocycles. The molecule has 3 heterocycles. The lowest BCUT2D eigenvalue weighted by atomic mass is 9.91. The van der Waals surface area contributed by atoms with E-state index < -0.39 is 5.82 Å². The number of nitrogens with zero attached hydrogens (tertiary/aromatic N) is 4. The van der Waals surface area contributed by atoms with Crippen molar-refractivity contribution in [2.24, 2.45) is 0 Å². The molecule has 1 aromatic carbocycles. The van der Waals surface area contributed by atoms with E-state index in [-0.39, 0.29) is 29.5 Å². The van der Waals surface area contributed by atoms with Crippen molar-refractivity contribution < 1.29 is 14.0 Å². The van der Waals surface area contributed by atoms with Crippen LogP contribution in [-0.2, 0) is 4.79 Å². The van der Waals surface area contributed by atoms with Gasteiger partial charge in [-0.15, -0.1) is 11.3 Å². The SMILES string of the molecule is C=CC(=O)N[C@H]1CC[C@@H](Nc2nc(Nc3ccc(C(=O)N4CCN(C)CC4)c(F)c3)nc3ccsc23)CC1. The minimum atomic E-state index is -0.575. The number of aromatic nitrogens is 2. The summed E-state index contributed by atoms with van der Waals surface area (Å²) < 4.78 is 15.9. The molecule has 0 unspecified atom stereocenters. The number of fused-ring (bicyclic) bond motifs is 1. The van der Waals surface area contributed by atoms with E-state index in [1.165, 1.54) is 18.2 Å². The fourth-order valence-electron chi connectivity index (χ4n) is 4.93. The summed E-state index contributed by atoms with van der Waals surface area (Å²) >= 11 is 1.56. The molecular weight excluding hydrogens is 505 g/mol. The third-order valence-electron chi connectivity index (χ3n) is 7.15. The van der Waals surface area contributed by atoms with Crippen LogP contribution < -0.4 is 16.0 Å². The molecule has 0 radical (unpaired) electrons. The third-order valence-corrected chi connectivity index (χ3v) is 8.06. The van der Waals surface area contributed by atoms with Crippen LogP contribution in [0.25, 0.3) is 10.2 Å². The second-order valence-electron chi connectivity index (χ2n) is 9.85. The Bertz CT molecular complexity index is 1330. The zero-order chi connectivity index (χ0) is 26.6. The van der Waals surface area contributed by atoms with Crippen LogP contribution >= 0.6 is 11.3 Å². The first kappa shape index (κ1) is 26.1. The van der Waals surface area contributed by atoms with Gasteiger partial charge in [-0.25, -0.2) is 9.37 Å². The van der Waals surface area contributed by atoms with Gasteiger partial charge in [0.15, 0.2) is 0 Å². The molecule has 5 rings (SSSR count). The summed E-state index contributed by atoms with van der Waals surface area (Å²) in [7, 11) is 2.01. The molecule has 2 aromatic heterocycles. The van der Waals surface area contributed by atoms with Gasteiger partial charge in [0.25, 0.3) is 5.91 Å². The first-order valence-corrected chi connectivity index (χ1v) is 13.8. The van der Waals surface area contributed by atoms with Crippen molar-refractivity contribution in [1.29, 1.82) is 0 Å². The summed E-state index contributed by atoms with van der Waals surface area (Å²) in [4.78, 5) is 37.6. The van der Waals surface area contributed by atoms with Crippen molar-refractivity contribution in [1.82, 2.24) is 25.1 Å². The van der Waals surface area contributed by atoms with Gasteiger partial charge in [-0.3, -0.25) is 9.59 Å². The number of hydrogen-bond acceptors (Lipinski definition) is 8. The van der Waals surface area contributed by atoms with Crippen LogP contribution in [0.2, 0.25) is 0 Å². The molecular formula is C27H32FN7O2S. The van der Waals surface area contributed by atoms with Crippen LogP contribution in [0.4, 0.5) is 21.8 Å². The van der Waals surface area contributed by atoms with Gasteiger partial charge < -0.3 is 25.8 Å². The summed E-state index contributed by atoms with van der Waals surface area (Å²) in [5.41, 5.74) is 1.33. The van der Waals surface area contributed by atoms with E-state index >= 15 is 0 Å². The van der Waals surface area contributed by atoms with E-state index in [4.69, 9.17) is 4.98 Å². The first-order valence-electron chi connectivity index (χ1n) is 12.9. The van der Waals surface area contributed by atoms with Crippen LogP contribution in [0.5, 0.6) is 0 Å². The number of amides is 2. The van der Waals surface area contributed by atoms with Crippen molar-refractivity contribution in [3.63, 3.8) is 0 Å². The van der Waals surface area contributed by atoms with Crippen LogP contribution in [0.3, 0.4) is 0 Å². The van der Waals surface area contributed by atoms with Crippen molar-refractivity contribution in [2.45, 2.75) is 37.8 Å². The average Bonchev–Trinajstić information content (AvgIpc) is 3.39. The zero-order valence-electron chi connectivity index (χ0n) is 21.4. The van der Waals surface area contributed by atoms with Crippen molar-refractivity contribution in [3.05, 3.63) is 53.7 Å². The van der Waals surface area contributed by atoms with Gasteiger partial charge in [0.2, 0.25) is 11.9 Å². The summed E-state index contributed by atoms with van der Waals surface area (Å²) in [6.45, 7) is 6.24. The highest BCUT2D eigenvalue weighted by molar-refractivity contribution is 7.17. The predicted molar refractivity (Wildman–Crippen MR) is 149 cm³/mol. The molecule has 9 nitrogen and oxygen atoms in total. The molecule has 38 heavy (non-hydrogen) atoms. The highest BCUT2D eigenvalue weighted by atomic mass is 32.1. The number of likely N-dealkylation sites (N-methyl/N-ethyl adjacent to an activating group) is 1. The highest BCUT2D eigenvalue weighted by Gasteiger charge is 2.24. The fourth-order valence-corrected chi connectivity index (χ4v) is 5.71. The second kappa shape index (κ2) is 11.4. The van der Waals surface area contributed by atoms with Crippen LogP contribution in [0.15, 0.2) is 42.3 Å². The smallest absolute Gasteiger partial charge is 0.256 e. The van der Waals surface area contributed by atoms with Crippen LogP contribution in [0.1, 0.15) is 36.0 Å². The Morgan fingerprint density at radius 1 is 1.08 bits per heavy atom. The zero-order valence-corrected chi connectivity index (χ0v) is 22.2. The van der Waals surface area contributed by atoms with E-state index in [1.54, 1.807) is 22.3 Å². The minimum absolute atomic E-state index is 0.0662. The predicted octanol–water partition coefficient (Wildman–Crippen LogP) is 3.99. The molecule has 1 saturated carbocycles. The summed E-state index contributed by atoms with van der Waals surface area (Å²) in [6.07, 6.45) is 4.85. The monoisotopic (exact) mass is 537 g/mol. The molecule has 2 fully saturated rings. The summed E-state index contributed by atoms with van der Waals surface area (Å²) in [5.74, 6) is 0.0789. The van der Waals surface area contributed by atoms with Gasteiger partial charge in [-0.2, -0.15) is 4.98 Å². The van der Waals surface area contributed by atoms with Gasteiger partial charge in [0.05, 0.1) is 15.8 Å². The molecule has 2 aliphatic rings. The molecule has 3 N–H and O–H groups in total. The number of carbonyl (C=O) groups is 2. The fraction of sp³-hybridized carbons (Fsp3) is 0.407. The maximum atomic E-state index is 15.0. The van der Waals surface area contributed by atoms with Crippen molar-refractivity contribution >= 4 is 50.8 Å². The maximum absolute atomic E-state index is 15.0. The number of thiophene rings is 1. The topological polar surface area (TPSA) is 102 Å². The molecule has 2 amide bonds. The molecule has 0 spiro atoms. The number of carbonyl (C=O) groups excluding carboxylic acids is 2. The van der Waals surface area contributed by atoms with Crippen LogP contribution in [0, 0.1) is 5.82 Å². The Kier molecular flexibility index (Phi) is 7.85. The van der Waals surface area contributed by atoms with E-state index in [9.17, 15) is 14.0 Å². The largest absolute Gasteiger partial charge is 0.366 e. The number of nitrogens with one attached hydrogen (secondary N) is 3. The number of anilines is 3. The number of rotatable bonds is 7. The van der Waals surface area contributed by atoms with E-state index in [0.717, 1.165) is 54.8 Å². The lowest BCUT2D eigenvalue weighted by molar-refractivity contribution is -0.117. The van der Waals surface area contributed by atoms with Gasteiger partial charge >= 0.3 is 0 Å². The molecule has 11 heteroatoms. The lowest BCUT2D eigenvalue weighted by Crippen LogP contribution is -2.47. The number of benzene rings is 1. The third kappa shape index (κ3) is 5.94. The summed E-state index contributed by atoms with van der Waals surface area (Å²) in [5, 5.41) is 11.6. The Balaban J connectivity index is 1.27. The van der Waals surface area contributed by atoms with Crippen LogP contribution in [-0.4, -0.2) is 76.9 Å². The van der Waals surface area contributed by atoms with Gasteiger partial charge in [-0.1, -0.05) is 6.58 Å². The first-order chi connectivity index (χ1) is 18.4. The Morgan fingerprint density at radius 2 is 1.82 bits per heavy atom. The Labute approximate surface area is 225 Å². The lowest BCUT2D eigenvalue weighted by Gasteiger charge is -2.32. The van der Waals surface area contributed by atoms with E-state index in [1.807, 2.05) is 18.5 Å². The highest BCUT2D eigenvalue weighted by Crippen LogP contribution is 2.31. The quantitative estimate of drug-likeness (QED) is 0.392. The average molecular weight is 538 g/mol. The molecule has 0 bridgehead atoms. The second-order valence-corrected chi connectivity index (χ2v) is 10.8. The normalized spacial score (nSPS) is 20.2. The number of piperazine rings is 1. The molecule has 1 aliphatic carbocycles. The van der Waals surface area contributed by atoms with Gasteiger partial charge in [0.1, 0.15) is 11.6 Å². The summed E-state index contributed by atoms with van der Waals surface area (Å²) in [6, 6.07) is 6.82. The van der Waals surface area contributed by atoms with Crippen molar-refractivity contribution in [2.75, 3.05) is 43.9 Å². The Hall–Kier alpha value is -3.57. The minimum Gasteiger partial charge on any atom is -0.366 e.